The van der Waals surface area contributed by atoms with E-state index in [1.807, 2.05) is 11.0 Å². The van der Waals surface area contributed by atoms with E-state index in [1.165, 1.54) is 12.3 Å². The molecule has 2 saturated heterocycles. The van der Waals surface area contributed by atoms with Crippen LogP contribution in [0.2, 0.25) is 20.2 Å². The van der Waals surface area contributed by atoms with E-state index >= 15 is 0 Å². The second kappa shape index (κ2) is 11.8. The number of pyridine rings is 1. The van der Waals surface area contributed by atoms with Gasteiger partial charge in [0.2, 0.25) is 11.8 Å². The van der Waals surface area contributed by atoms with Crippen molar-refractivity contribution in [2.45, 2.75) is 38.1 Å². The second-order valence-corrected chi connectivity index (χ2v) is 11.2. The quantitative estimate of drug-likeness (QED) is 0.450. The Morgan fingerprint density at radius 2 is 1.59 bits per heavy atom. The highest BCUT2D eigenvalue weighted by Gasteiger charge is 2.39. The van der Waals surface area contributed by atoms with Gasteiger partial charge in [-0.3, -0.25) is 14.4 Å². The summed E-state index contributed by atoms with van der Waals surface area (Å²) in [6.07, 6.45) is 3.30. The van der Waals surface area contributed by atoms with E-state index < -0.39 is 0 Å². The van der Waals surface area contributed by atoms with Gasteiger partial charge in [0, 0.05) is 64.2 Å². The van der Waals surface area contributed by atoms with Gasteiger partial charge >= 0.3 is 0 Å². The van der Waals surface area contributed by atoms with Crippen LogP contribution in [-0.4, -0.2) is 76.7 Å². The lowest BCUT2D eigenvalue weighted by atomic mass is 9.83. The van der Waals surface area contributed by atoms with E-state index in [2.05, 4.69) is 4.98 Å². The van der Waals surface area contributed by atoms with E-state index in [1.54, 1.807) is 35.9 Å². The molecule has 37 heavy (non-hydrogen) atoms. The summed E-state index contributed by atoms with van der Waals surface area (Å²) in [6, 6.07) is 6.74. The molecule has 3 heterocycles. The molecule has 2 aromatic rings. The zero-order chi connectivity index (χ0) is 26.9. The Kier molecular flexibility index (Phi) is 8.89. The summed E-state index contributed by atoms with van der Waals surface area (Å²) in [4.78, 5) is 47.9. The van der Waals surface area contributed by atoms with Crippen LogP contribution >= 0.6 is 46.4 Å². The summed E-state index contributed by atoms with van der Waals surface area (Å²) in [6.45, 7) is 3.69. The number of hydrogen-bond donors (Lipinski definition) is 0. The molecule has 2 unspecified atom stereocenters. The molecule has 2 atom stereocenters. The Hall–Kier alpha value is -2.06. The zero-order valence-corrected chi connectivity index (χ0v) is 23.6. The van der Waals surface area contributed by atoms with Gasteiger partial charge in [-0.15, -0.1) is 0 Å². The summed E-state index contributed by atoms with van der Waals surface area (Å²) in [5.74, 6) is -0.416. The van der Waals surface area contributed by atoms with Crippen LogP contribution in [0, 0.1) is 5.92 Å². The number of aromatic nitrogens is 1. The van der Waals surface area contributed by atoms with Crippen LogP contribution < -0.4 is 0 Å². The van der Waals surface area contributed by atoms with Crippen molar-refractivity contribution < 1.29 is 14.4 Å². The van der Waals surface area contributed by atoms with E-state index in [0.29, 0.717) is 61.1 Å². The Bertz CT molecular complexity index is 1200. The number of benzene rings is 1. The molecule has 0 saturated carbocycles. The number of carbonyl (C=O) groups excluding carboxylic acids is 3. The minimum atomic E-state index is -0.238. The number of likely N-dealkylation sites (N-methyl/N-ethyl adjacent to an activating group) is 1. The summed E-state index contributed by atoms with van der Waals surface area (Å²) in [7, 11) is 1.75. The number of hydrogen-bond acceptors (Lipinski definition) is 4. The topological polar surface area (TPSA) is 73.8 Å². The van der Waals surface area contributed by atoms with Gasteiger partial charge in [-0.25, -0.2) is 4.98 Å². The summed E-state index contributed by atoms with van der Waals surface area (Å²) < 4.78 is 0. The minimum absolute atomic E-state index is 0.0382. The highest BCUT2D eigenvalue weighted by Crippen LogP contribution is 2.36. The molecule has 198 valence electrons. The van der Waals surface area contributed by atoms with Crippen LogP contribution in [0.4, 0.5) is 0 Å². The average Bonchev–Trinajstić information content (AvgIpc) is 2.90. The maximum Gasteiger partial charge on any atom is 0.255 e. The lowest BCUT2D eigenvalue weighted by molar-refractivity contribution is -0.141. The van der Waals surface area contributed by atoms with Crippen LogP contribution in [0.3, 0.4) is 0 Å². The Balaban J connectivity index is 1.56. The largest absolute Gasteiger partial charge is 0.343 e. The third-order valence-electron chi connectivity index (χ3n) is 7.41. The molecule has 7 nitrogen and oxygen atoms in total. The number of amides is 3. The molecule has 0 radical (unpaired) electrons. The molecule has 2 fully saturated rings. The van der Waals surface area contributed by atoms with Crippen molar-refractivity contribution in [1.29, 1.82) is 0 Å². The van der Waals surface area contributed by atoms with E-state index in [0.717, 1.165) is 5.56 Å². The highest BCUT2D eigenvalue weighted by molar-refractivity contribution is 6.42. The first-order valence-electron chi connectivity index (χ1n) is 12.1. The smallest absolute Gasteiger partial charge is 0.255 e. The van der Waals surface area contributed by atoms with Crippen molar-refractivity contribution in [3.05, 3.63) is 61.8 Å². The molecular weight excluding hydrogens is 558 g/mol. The average molecular weight is 586 g/mol. The van der Waals surface area contributed by atoms with Crippen molar-refractivity contribution >= 4 is 64.1 Å². The molecule has 0 N–H and O–H groups in total. The summed E-state index contributed by atoms with van der Waals surface area (Å²) >= 11 is 24.6. The van der Waals surface area contributed by atoms with Crippen LogP contribution in [-0.2, 0) is 9.59 Å². The third-order valence-corrected chi connectivity index (χ3v) is 8.84. The number of rotatable bonds is 4. The molecule has 2 aliphatic rings. The Morgan fingerprint density at radius 1 is 0.919 bits per heavy atom. The SMILES string of the molecule is CC(=O)N1CCC(C(=O)N2CCC(N(C)C(=O)c3cnc(Cl)c(Cl)c3)C(c3ccc(Cl)c(Cl)c3)C2)CC1. The van der Waals surface area contributed by atoms with E-state index in [9.17, 15) is 14.4 Å². The second-order valence-electron chi connectivity index (χ2n) is 9.61. The minimum Gasteiger partial charge on any atom is -0.343 e. The Morgan fingerprint density at radius 3 is 2.22 bits per heavy atom. The molecule has 2 aliphatic heterocycles. The van der Waals surface area contributed by atoms with Crippen molar-refractivity contribution in [2.24, 2.45) is 5.92 Å². The van der Waals surface area contributed by atoms with Gasteiger partial charge in [-0.2, -0.15) is 0 Å². The number of nitrogens with zero attached hydrogens (tertiary/aromatic N) is 4. The molecular formula is C26H28Cl4N4O3. The molecule has 0 bridgehead atoms. The van der Waals surface area contributed by atoms with Crippen molar-refractivity contribution in [2.75, 3.05) is 33.2 Å². The van der Waals surface area contributed by atoms with Crippen LogP contribution in [0.15, 0.2) is 30.5 Å². The maximum atomic E-state index is 13.5. The predicted molar refractivity (Wildman–Crippen MR) is 146 cm³/mol. The third kappa shape index (κ3) is 6.17. The predicted octanol–water partition coefficient (Wildman–Crippen LogP) is 5.41. The monoisotopic (exact) mass is 584 g/mol. The van der Waals surface area contributed by atoms with Gasteiger partial charge in [-0.1, -0.05) is 52.5 Å². The molecule has 4 rings (SSSR count). The highest BCUT2D eigenvalue weighted by atomic mass is 35.5. The van der Waals surface area contributed by atoms with Crippen molar-refractivity contribution in [1.82, 2.24) is 19.7 Å². The van der Waals surface area contributed by atoms with Gasteiger partial charge < -0.3 is 14.7 Å². The van der Waals surface area contributed by atoms with Crippen molar-refractivity contribution in [3.8, 4) is 0 Å². The number of likely N-dealkylation sites (tertiary alicyclic amines) is 2. The molecule has 0 spiro atoms. The number of piperidine rings is 2. The fourth-order valence-electron chi connectivity index (χ4n) is 5.27. The number of carbonyl (C=O) groups is 3. The van der Waals surface area contributed by atoms with E-state index in [4.69, 9.17) is 46.4 Å². The molecule has 11 heteroatoms. The van der Waals surface area contributed by atoms with Crippen LogP contribution in [0.5, 0.6) is 0 Å². The fraction of sp³-hybridized carbons (Fsp3) is 0.462. The zero-order valence-electron chi connectivity index (χ0n) is 20.6. The standard InChI is InChI=1S/C26H28Cl4N4O3/c1-15(35)33-8-5-16(6-9-33)26(37)34-10-7-23(19(14-34)17-3-4-20(27)21(28)11-17)32(2)25(36)18-12-22(29)24(30)31-13-18/h3-4,11-13,16,19,23H,5-10,14H2,1-2H3. The van der Waals surface area contributed by atoms with Crippen LogP contribution in [0.25, 0.3) is 0 Å². The first-order valence-corrected chi connectivity index (χ1v) is 13.7. The van der Waals surface area contributed by atoms with Gasteiger partial charge in [0.05, 0.1) is 20.6 Å². The van der Waals surface area contributed by atoms with Gasteiger partial charge in [-0.05, 0) is 43.0 Å². The summed E-state index contributed by atoms with van der Waals surface area (Å²) in [5.41, 5.74) is 1.23. The fourth-order valence-corrected chi connectivity index (χ4v) is 5.84. The van der Waals surface area contributed by atoms with E-state index in [-0.39, 0.29) is 45.8 Å². The molecule has 1 aromatic heterocycles. The first kappa shape index (κ1) is 28.0. The molecule has 3 amide bonds. The van der Waals surface area contributed by atoms with Gasteiger partial charge in [0.25, 0.3) is 5.91 Å². The molecule has 1 aromatic carbocycles. The maximum absolute atomic E-state index is 13.5. The normalized spacial score (nSPS) is 20.6. The lowest BCUT2D eigenvalue weighted by Crippen LogP contribution is -2.53. The first-order chi connectivity index (χ1) is 17.6. The lowest BCUT2D eigenvalue weighted by Gasteiger charge is -2.44. The Labute approximate surface area is 236 Å². The van der Waals surface area contributed by atoms with Crippen LogP contribution in [0.1, 0.15) is 48.0 Å². The van der Waals surface area contributed by atoms with Gasteiger partial charge in [0.15, 0.2) is 0 Å². The van der Waals surface area contributed by atoms with Crippen molar-refractivity contribution in [3.63, 3.8) is 0 Å². The summed E-state index contributed by atoms with van der Waals surface area (Å²) in [5, 5.41) is 1.20. The van der Waals surface area contributed by atoms with Gasteiger partial charge in [0.1, 0.15) is 5.15 Å². The molecule has 0 aliphatic carbocycles. The number of halogens is 4.